The summed E-state index contributed by atoms with van der Waals surface area (Å²) in [7, 11) is 0. The van der Waals surface area contributed by atoms with Crippen LogP contribution in [0, 0.1) is 5.92 Å². The second-order valence-corrected chi connectivity index (χ2v) is 4.13. The average molecular weight is 234 g/mol. The van der Waals surface area contributed by atoms with E-state index in [1.54, 1.807) is 6.20 Å². The smallest absolute Gasteiger partial charge is 0.194 e. The van der Waals surface area contributed by atoms with Crippen LogP contribution in [0.25, 0.3) is 0 Å². The first-order valence-electron chi connectivity index (χ1n) is 5.90. The van der Waals surface area contributed by atoms with Crippen LogP contribution in [0.1, 0.15) is 12.8 Å². The number of nitrogens with two attached hydrogens (primary N) is 1. The van der Waals surface area contributed by atoms with Gasteiger partial charge in [0.1, 0.15) is 5.82 Å². The molecule has 1 aromatic heterocycles. The molecule has 1 aliphatic heterocycles. The maximum Gasteiger partial charge on any atom is 0.194 e. The van der Waals surface area contributed by atoms with Gasteiger partial charge in [-0.2, -0.15) is 0 Å². The molecule has 0 spiro atoms. The fourth-order valence-electron chi connectivity index (χ4n) is 1.79. The molecule has 0 aromatic carbocycles. The molecule has 0 amide bonds. The van der Waals surface area contributed by atoms with Crippen LogP contribution in [0.15, 0.2) is 29.4 Å². The Bertz CT molecular complexity index is 360. The first-order chi connectivity index (χ1) is 8.34. The molecule has 2 rings (SSSR count). The topological polar surface area (TPSA) is 72.5 Å². The van der Waals surface area contributed by atoms with Gasteiger partial charge >= 0.3 is 0 Å². The Balaban J connectivity index is 1.73. The van der Waals surface area contributed by atoms with Gasteiger partial charge in [-0.25, -0.2) is 4.98 Å². The van der Waals surface area contributed by atoms with Gasteiger partial charge in [0.15, 0.2) is 5.96 Å². The number of nitrogens with one attached hydrogen (secondary N) is 1. The summed E-state index contributed by atoms with van der Waals surface area (Å²) >= 11 is 0. The number of ether oxygens (including phenoxy) is 1. The van der Waals surface area contributed by atoms with Crippen molar-refractivity contribution in [3.63, 3.8) is 0 Å². The lowest BCUT2D eigenvalue weighted by molar-refractivity contribution is 0.184. The highest BCUT2D eigenvalue weighted by molar-refractivity contribution is 5.91. The largest absolute Gasteiger partial charge is 0.381 e. The summed E-state index contributed by atoms with van der Waals surface area (Å²) in [5, 5.41) is 2.95. The van der Waals surface area contributed by atoms with E-state index in [1.807, 2.05) is 18.2 Å². The van der Waals surface area contributed by atoms with E-state index in [-0.39, 0.29) is 0 Å². The molecule has 1 atom stereocenters. The van der Waals surface area contributed by atoms with E-state index in [4.69, 9.17) is 10.5 Å². The molecule has 17 heavy (non-hydrogen) atoms. The molecule has 1 fully saturated rings. The maximum absolute atomic E-state index is 5.76. The molecular formula is C12H18N4O. The average Bonchev–Trinajstić information content (AvgIpc) is 2.83. The van der Waals surface area contributed by atoms with Crippen LogP contribution in [-0.4, -0.2) is 30.7 Å². The predicted octanol–water partition coefficient (Wildman–Crippen LogP) is 1.23. The Morgan fingerprint density at radius 3 is 3.24 bits per heavy atom. The van der Waals surface area contributed by atoms with Crippen LogP contribution in [0.3, 0.4) is 0 Å². The van der Waals surface area contributed by atoms with Crippen molar-refractivity contribution in [1.29, 1.82) is 0 Å². The van der Waals surface area contributed by atoms with Crippen molar-refractivity contribution < 1.29 is 4.74 Å². The summed E-state index contributed by atoms with van der Waals surface area (Å²) in [6.07, 6.45) is 3.89. The molecule has 0 aliphatic carbocycles. The predicted molar refractivity (Wildman–Crippen MR) is 67.9 cm³/mol. The van der Waals surface area contributed by atoms with E-state index < -0.39 is 0 Å². The zero-order valence-electron chi connectivity index (χ0n) is 9.80. The quantitative estimate of drug-likeness (QED) is 0.607. The van der Waals surface area contributed by atoms with E-state index in [2.05, 4.69) is 15.3 Å². The molecule has 92 valence electrons. The highest BCUT2D eigenvalue weighted by Crippen LogP contribution is 2.15. The second-order valence-electron chi connectivity index (χ2n) is 4.13. The molecule has 1 saturated heterocycles. The molecule has 5 heteroatoms. The van der Waals surface area contributed by atoms with Crippen molar-refractivity contribution in [3.05, 3.63) is 24.4 Å². The number of guanidine groups is 1. The van der Waals surface area contributed by atoms with Crippen molar-refractivity contribution in [2.24, 2.45) is 16.6 Å². The summed E-state index contributed by atoms with van der Waals surface area (Å²) in [5.74, 6) is 1.78. The minimum atomic E-state index is 0.419. The van der Waals surface area contributed by atoms with Crippen molar-refractivity contribution in [2.45, 2.75) is 12.8 Å². The van der Waals surface area contributed by atoms with Crippen LogP contribution in [0.5, 0.6) is 0 Å². The Hall–Kier alpha value is -1.62. The standard InChI is InChI=1S/C12H18N4O/c13-12(16-11-3-1-2-6-14-11)15-7-4-10-5-8-17-9-10/h1-3,6,10H,4-5,7-9H2,(H3,13,14,15,16). The van der Waals surface area contributed by atoms with Gasteiger partial charge in [0.05, 0.1) is 0 Å². The lowest BCUT2D eigenvalue weighted by Gasteiger charge is -2.06. The lowest BCUT2D eigenvalue weighted by Crippen LogP contribution is -2.23. The fourth-order valence-corrected chi connectivity index (χ4v) is 1.79. The fraction of sp³-hybridized carbons (Fsp3) is 0.500. The van der Waals surface area contributed by atoms with E-state index >= 15 is 0 Å². The van der Waals surface area contributed by atoms with Gasteiger partial charge in [-0.05, 0) is 30.9 Å². The van der Waals surface area contributed by atoms with E-state index in [1.165, 1.54) is 0 Å². The molecule has 0 saturated carbocycles. The van der Waals surface area contributed by atoms with Gasteiger partial charge in [0, 0.05) is 26.0 Å². The van der Waals surface area contributed by atoms with Crippen LogP contribution in [0.2, 0.25) is 0 Å². The number of hydrogen-bond donors (Lipinski definition) is 2. The number of aliphatic imine (C=N–C) groups is 1. The number of nitrogens with zero attached hydrogens (tertiary/aromatic N) is 2. The number of anilines is 1. The van der Waals surface area contributed by atoms with Gasteiger partial charge in [-0.3, -0.25) is 4.99 Å². The summed E-state index contributed by atoms with van der Waals surface area (Å²) in [4.78, 5) is 8.38. The Morgan fingerprint density at radius 1 is 1.59 bits per heavy atom. The molecular weight excluding hydrogens is 216 g/mol. The Morgan fingerprint density at radius 2 is 2.53 bits per heavy atom. The number of rotatable bonds is 4. The van der Waals surface area contributed by atoms with Gasteiger partial charge in [-0.15, -0.1) is 0 Å². The third-order valence-corrected chi connectivity index (χ3v) is 2.76. The third-order valence-electron chi connectivity index (χ3n) is 2.76. The van der Waals surface area contributed by atoms with E-state index in [0.29, 0.717) is 11.9 Å². The minimum Gasteiger partial charge on any atom is -0.381 e. The Kier molecular flexibility index (Phi) is 4.32. The molecule has 3 N–H and O–H groups in total. The highest BCUT2D eigenvalue weighted by atomic mass is 16.5. The molecule has 2 heterocycles. The molecule has 0 bridgehead atoms. The van der Waals surface area contributed by atoms with Crippen molar-refractivity contribution in [3.8, 4) is 0 Å². The van der Waals surface area contributed by atoms with Crippen molar-refractivity contribution in [2.75, 3.05) is 25.1 Å². The van der Waals surface area contributed by atoms with Gasteiger partial charge in [0.25, 0.3) is 0 Å². The van der Waals surface area contributed by atoms with Crippen molar-refractivity contribution in [1.82, 2.24) is 4.98 Å². The normalized spacial score (nSPS) is 20.5. The SMILES string of the molecule is NC(=NCCC1CCOC1)Nc1ccccn1. The Labute approximate surface area is 101 Å². The summed E-state index contributed by atoms with van der Waals surface area (Å²) in [6.45, 7) is 2.48. The van der Waals surface area contributed by atoms with Gasteiger partial charge < -0.3 is 15.8 Å². The van der Waals surface area contributed by atoms with E-state index in [0.717, 1.165) is 38.4 Å². The molecule has 0 radical (unpaired) electrons. The van der Waals surface area contributed by atoms with Crippen LogP contribution in [0.4, 0.5) is 5.82 Å². The molecule has 1 unspecified atom stereocenters. The molecule has 5 nitrogen and oxygen atoms in total. The zero-order chi connectivity index (χ0) is 11.9. The number of hydrogen-bond acceptors (Lipinski definition) is 3. The second kappa shape index (κ2) is 6.20. The molecule has 1 aromatic rings. The summed E-state index contributed by atoms with van der Waals surface area (Å²) in [5.41, 5.74) is 5.76. The number of pyridine rings is 1. The van der Waals surface area contributed by atoms with Gasteiger partial charge in [-0.1, -0.05) is 6.07 Å². The highest BCUT2D eigenvalue weighted by Gasteiger charge is 2.14. The number of aromatic nitrogens is 1. The summed E-state index contributed by atoms with van der Waals surface area (Å²) in [6, 6.07) is 5.62. The van der Waals surface area contributed by atoms with Crippen LogP contribution >= 0.6 is 0 Å². The van der Waals surface area contributed by atoms with Gasteiger partial charge in [0.2, 0.25) is 0 Å². The van der Waals surface area contributed by atoms with E-state index in [9.17, 15) is 0 Å². The first kappa shape index (κ1) is 11.9. The lowest BCUT2D eigenvalue weighted by atomic mass is 10.1. The first-order valence-corrected chi connectivity index (χ1v) is 5.90. The molecule has 1 aliphatic rings. The monoisotopic (exact) mass is 234 g/mol. The van der Waals surface area contributed by atoms with Crippen molar-refractivity contribution >= 4 is 11.8 Å². The van der Waals surface area contributed by atoms with Crippen LogP contribution < -0.4 is 11.1 Å². The van der Waals surface area contributed by atoms with Crippen LogP contribution in [-0.2, 0) is 4.74 Å². The summed E-state index contributed by atoms with van der Waals surface area (Å²) < 4.78 is 5.30. The third kappa shape index (κ3) is 4.03. The zero-order valence-corrected chi connectivity index (χ0v) is 9.80. The minimum absolute atomic E-state index is 0.419. The maximum atomic E-state index is 5.76.